The van der Waals surface area contributed by atoms with Crippen molar-refractivity contribution in [3.8, 4) is 0 Å². The molecule has 2 aromatic carbocycles. The Morgan fingerprint density at radius 1 is 1.06 bits per heavy atom. The summed E-state index contributed by atoms with van der Waals surface area (Å²) >= 11 is 0. The highest BCUT2D eigenvalue weighted by Crippen LogP contribution is 2.22. The molecule has 1 fully saturated rings. The zero-order valence-corrected chi connectivity index (χ0v) is 17.8. The van der Waals surface area contributed by atoms with Crippen molar-refractivity contribution < 1.29 is 23.1 Å². The third-order valence-corrected chi connectivity index (χ3v) is 5.50. The van der Waals surface area contributed by atoms with Crippen LogP contribution in [0, 0.1) is 11.6 Å². The minimum Gasteiger partial charge on any atom is -0.370 e. The topological polar surface area (TPSA) is 71.5 Å². The molecule has 1 saturated heterocycles. The highest BCUT2D eigenvalue weighted by atomic mass is 19.1. The number of amides is 2. The number of nitrogens with one attached hydrogen (secondary N) is 1. The Bertz CT molecular complexity index is 1110. The van der Waals surface area contributed by atoms with Crippen molar-refractivity contribution in [2.24, 2.45) is 0 Å². The molecule has 2 atom stereocenters. The Hall–Kier alpha value is -3.65. The monoisotopic (exact) mass is 451 g/mol. The van der Waals surface area contributed by atoms with Crippen LogP contribution in [0.1, 0.15) is 27.6 Å². The number of carbonyl (C=O) groups is 2. The van der Waals surface area contributed by atoms with Crippen LogP contribution in [0.25, 0.3) is 0 Å². The van der Waals surface area contributed by atoms with Crippen LogP contribution in [0.4, 0.5) is 8.78 Å². The lowest BCUT2D eigenvalue weighted by Gasteiger charge is -2.35. The summed E-state index contributed by atoms with van der Waals surface area (Å²) in [5.74, 6) is -1.78. The minimum atomic E-state index is -0.914. The van der Waals surface area contributed by atoms with E-state index in [2.05, 4.69) is 10.3 Å². The fraction of sp³-hybridized carbons (Fsp3) is 0.240. The van der Waals surface area contributed by atoms with Gasteiger partial charge in [-0.2, -0.15) is 0 Å². The molecule has 0 radical (unpaired) electrons. The maximum absolute atomic E-state index is 13.6. The molecule has 0 bridgehead atoms. The van der Waals surface area contributed by atoms with E-state index in [0.29, 0.717) is 25.3 Å². The van der Waals surface area contributed by atoms with Gasteiger partial charge in [-0.1, -0.05) is 18.2 Å². The lowest BCUT2D eigenvalue weighted by molar-refractivity contribution is -0.141. The van der Waals surface area contributed by atoms with Crippen LogP contribution in [-0.2, 0) is 16.0 Å². The predicted octanol–water partition coefficient (Wildman–Crippen LogP) is 3.30. The first kappa shape index (κ1) is 22.5. The molecule has 2 unspecified atom stereocenters. The number of halogens is 2. The molecule has 170 valence electrons. The summed E-state index contributed by atoms with van der Waals surface area (Å²) in [6, 6.07) is 13.8. The van der Waals surface area contributed by atoms with E-state index in [-0.39, 0.29) is 24.0 Å². The number of rotatable bonds is 6. The molecule has 8 heteroatoms. The zero-order chi connectivity index (χ0) is 23.2. The number of pyridine rings is 1. The van der Waals surface area contributed by atoms with Gasteiger partial charge in [0.05, 0.1) is 13.2 Å². The largest absolute Gasteiger partial charge is 0.370 e. The summed E-state index contributed by atoms with van der Waals surface area (Å²) in [7, 11) is 0. The Labute approximate surface area is 190 Å². The first-order chi connectivity index (χ1) is 16.0. The molecule has 0 aliphatic carbocycles. The fourth-order valence-corrected chi connectivity index (χ4v) is 3.78. The summed E-state index contributed by atoms with van der Waals surface area (Å²) in [4.78, 5) is 31.9. The van der Waals surface area contributed by atoms with Crippen LogP contribution in [0.5, 0.6) is 0 Å². The van der Waals surface area contributed by atoms with Gasteiger partial charge in [-0.3, -0.25) is 14.6 Å². The normalized spacial score (nSPS) is 16.8. The standard InChI is InChI=1S/C25H23F2N3O3/c26-20-6-4-17(5-7-20)14-22(29-24(31)19-2-1-3-21(27)15-19)25(32)30-12-13-33-23(16-30)18-8-10-28-11-9-18/h1-11,15,22-23H,12-14,16H2,(H,29,31). The van der Waals surface area contributed by atoms with Crippen molar-refractivity contribution in [3.63, 3.8) is 0 Å². The van der Waals surface area contributed by atoms with E-state index in [1.54, 1.807) is 29.4 Å². The van der Waals surface area contributed by atoms with Crippen molar-refractivity contribution in [2.45, 2.75) is 18.6 Å². The van der Waals surface area contributed by atoms with E-state index < -0.39 is 23.6 Å². The van der Waals surface area contributed by atoms with Crippen molar-refractivity contribution in [1.29, 1.82) is 0 Å². The van der Waals surface area contributed by atoms with Crippen LogP contribution >= 0.6 is 0 Å². The van der Waals surface area contributed by atoms with Crippen LogP contribution in [-0.4, -0.2) is 47.4 Å². The van der Waals surface area contributed by atoms with Crippen LogP contribution in [0.2, 0.25) is 0 Å². The van der Waals surface area contributed by atoms with E-state index in [9.17, 15) is 18.4 Å². The molecular weight excluding hydrogens is 428 g/mol. The molecule has 1 aliphatic rings. The number of hydrogen-bond acceptors (Lipinski definition) is 4. The first-order valence-corrected chi connectivity index (χ1v) is 10.6. The van der Waals surface area contributed by atoms with Crippen molar-refractivity contribution in [2.75, 3.05) is 19.7 Å². The summed E-state index contributed by atoms with van der Waals surface area (Å²) in [5, 5.41) is 2.73. The molecule has 2 amide bonds. The molecule has 2 heterocycles. The van der Waals surface area contributed by atoms with Gasteiger partial charge in [-0.15, -0.1) is 0 Å². The van der Waals surface area contributed by atoms with Gasteiger partial charge in [0, 0.05) is 30.9 Å². The van der Waals surface area contributed by atoms with Crippen LogP contribution in [0.3, 0.4) is 0 Å². The number of aromatic nitrogens is 1. The number of benzene rings is 2. The molecule has 1 N–H and O–H groups in total. The molecule has 0 saturated carbocycles. The van der Waals surface area contributed by atoms with Crippen LogP contribution < -0.4 is 5.32 Å². The molecule has 33 heavy (non-hydrogen) atoms. The van der Waals surface area contributed by atoms with Crippen molar-refractivity contribution >= 4 is 11.8 Å². The molecule has 4 rings (SSSR count). The highest BCUT2D eigenvalue weighted by molar-refractivity contribution is 5.97. The minimum absolute atomic E-state index is 0.114. The Balaban J connectivity index is 1.54. The quantitative estimate of drug-likeness (QED) is 0.624. The Kier molecular flexibility index (Phi) is 7.04. The highest BCUT2D eigenvalue weighted by Gasteiger charge is 2.31. The van der Waals surface area contributed by atoms with E-state index in [1.807, 2.05) is 12.1 Å². The molecule has 6 nitrogen and oxygen atoms in total. The van der Waals surface area contributed by atoms with Gasteiger partial charge in [0.2, 0.25) is 5.91 Å². The second kappa shape index (κ2) is 10.3. The van der Waals surface area contributed by atoms with Gasteiger partial charge in [0.1, 0.15) is 23.8 Å². The van der Waals surface area contributed by atoms with E-state index in [0.717, 1.165) is 11.6 Å². The third kappa shape index (κ3) is 5.78. The second-order valence-electron chi connectivity index (χ2n) is 7.79. The average molecular weight is 451 g/mol. The van der Waals surface area contributed by atoms with Gasteiger partial charge in [-0.05, 0) is 53.6 Å². The third-order valence-electron chi connectivity index (χ3n) is 5.50. The van der Waals surface area contributed by atoms with Gasteiger partial charge in [0.15, 0.2) is 0 Å². The van der Waals surface area contributed by atoms with Crippen LogP contribution in [0.15, 0.2) is 73.1 Å². The smallest absolute Gasteiger partial charge is 0.252 e. The van der Waals surface area contributed by atoms with Gasteiger partial charge >= 0.3 is 0 Å². The number of ether oxygens (including phenoxy) is 1. The molecular formula is C25H23F2N3O3. The lowest BCUT2D eigenvalue weighted by Crippen LogP contribution is -2.53. The van der Waals surface area contributed by atoms with Gasteiger partial charge < -0.3 is 15.0 Å². The number of nitrogens with zero attached hydrogens (tertiary/aromatic N) is 2. The summed E-state index contributed by atoms with van der Waals surface area (Å²) in [6.07, 6.45) is 3.18. The Morgan fingerprint density at radius 2 is 1.82 bits per heavy atom. The average Bonchev–Trinajstić information content (AvgIpc) is 2.85. The molecule has 1 aliphatic heterocycles. The summed E-state index contributed by atoms with van der Waals surface area (Å²) < 4.78 is 32.8. The maximum Gasteiger partial charge on any atom is 0.252 e. The van der Waals surface area contributed by atoms with Crippen molar-refractivity contribution in [3.05, 3.63) is 101 Å². The fourth-order valence-electron chi connectivity index (χ4n) is 3.78. The molecule has 1 aromatic heterocycles. The predicted molar refractivity (Wildman–Crippen MR) is 117 cm³/mol. The zero-order valence-electron chi connectivity index (χ0n) is 17.8. The van der Waals surface area contributed by atoms with E-state index >= 15 is 0 Å². The SMILES string of the molecule is O=C(NC(Cc1ccc(F)cc1)C(=O)N1CCOC(c2ccncc2)C1)c1cccc(F)c1. The maximum atomic E-state index is 13.6. The van der Waals surface area contributed by atoms with Crippen molar-refractivity contribution in [1.82, 2.24) is 15.2 Å². The van der Waals surface area contributed by atoms with E-state index in [1.165, 1.54) is 30.3 Å². The first-order valence-electron chi connectivity index (χ1n) is 10.6. The molecule has 0 spiro atoms. The Morgan fingerprint density at radius 3 is 2.55 bits per heavy atom. The number of hydrogen-bond donors (Lipinski definition) is 1. The summed E-state index contributed by atoms with van der Waals surface area (Å²) in [5.41, 5.74) is 1.71. The number of morpholine rings is 1. The van der Waals surface area contributed by atoms with E-state index in [4.69, 9.17) is 4.74 Å². The number of carbonyl (C=O) groups excluding carboxylic acids is 2. The molecule has 3 aromatic rings. The summed E-state index contributed by atoms with van der Waals surface area (Å²) in [6.45, 7) is 1.04. The van der Waals surface area contributed by atoms with Gasteiger partial charge in [-0.25, -0.2) is 8.78 Å². The van der Waals surface area contributed by atoms with Gasteiger partial charge in [0.25, 0.3) is 5.91 Å². The second-order valence-corrected chi connectivity index (χ2v) is 7.79. The lowest BCUT2D eigenvalue weighted by atomic mass is 10.0.